The molecule has 0 unspecified atom stereocenters. The smallest absolute Gasteiger partial charge is 0.315 e. The fourth-order valence-corrected chi connectivity index (χ4v) is 2.64. The van der Waals surface area contributed by atoms with Gasteiger partial charge in [0, 0.05) is 16.0 Å². The standard InChI is InChI=1S/C15H18N4O2S/c1-2-12-5-6-13(22-12)9-17-15(21)18-10-14(20)19-11-4-3-7-16-8-11/h3-8H,2,9-10H2,1H3,(H,19,20)(H2,17,18,21). The zero-order valence-corrected chi connectivity index (χ0v) is 13.1. The van der Waals surface area contributed by atoms with Gasteiger partial charge in [-0.05, 0) is 30.7 Å². The molecule has 0 fully saturated rings. The fourth-order valence-electron chi connectivity index (χ4n) is 1.74. The first-order valence-corrected chi connectivity index (χ1v) is 7.78. The number of nitrogens with one attached hydrogen (secondary N) is 3. The third-order valence-electron chi connectivity index (χ3n) is 2.84. The lowest BCUT2D eigenvalue weighted by Crippen LogP contribution is -2.39. The molecule has 6 nitrogen and oxygen atoms in total. The number of pyridine rings is 1. The van der Waals surface area contributed by atoms with Crippen molar-refractivity contribution in [2.75, 3.05) is 11.9 Å². The van der Waals surface area contributed by atoms with Crippen LogP contribution in [0.5, 0.6) is 0 Å². The minimum atomic E-state index is -0.368. The molecule has 0 atom stereocenters. The van der Waals surface area contributed by atoms with Crippen molar-refractivity contribution in [3.8, 4) is 0 Å². The van der Waals surface area contributed by atoms with E-state index in [0.29, 0.717) is 12.2 Å². The van der Waals surface area contributed by atoms with Crippen LogP contribution < -0.4 is 16.0 Å². The number of rotatable bonds is 6. The Labute approximate surface area is 133 Å². The Hall–Kier alpha value is -2.41. The molecule has 3 N–H and O–H groups in total. The van der Waals surface area contributed by atoms with Crippen molar-refractivity contribution in [1.29, 1.82) is 0 Å². The fraction of sp³-hybridized carbons (Fsp3) is 0.267. The summed E-state index contributed by atoms with van der Waals surface area (Å²) in [7, 11) is 0. The van der Waals surface area contributed by atoms with Gasteiger partial charge in [0.1, 0.15) is 0 Å². The Morgan fingerprint density at radius 2 is 2.00 bits per heavy atom. The van der Waals surface area contributed by atoms with Gasteiger partial charge in [0.15, 0.2) is 0 Å². The lowest BCUT2D eigenvalue weighted by atomic mass is 10.4. The van der Waals surface area contributed by atoms with Crippen LogP contribution in [0.3, 0.4) is 0 Å². The number of aryl methyl sites for hydroxylation is 1. The van der Waals surface area contributed by atoms with Crippen LogP contribution in [0, 0.1) is 0 Å². The molecule has 2 aromatic rings. The molecule has 0 saturated carbocycles. The third-order valence-corrected chi connectivity index (χ3v) is 4.07. The molecule has 0 saturated heterocycles. The molecule has 116 valence electrons. The van der Waals surface area contributed by atoms with E-state index in [4.69, 9.17) is 0 Å². The van der Waals surface area contributed by atoms with Gasteiger partial charge in [-0.2, -0.15) is 0 Å². The highest BCUT2D eigenvalue weighted by Gasteiger charge is 2.06. The van der Waals surface area contributed by atoms with Crippen molar-refractivity contribution in [2.24, 2.45) is 0 Å². The molecule has 2 heterocycles. The molecule has 0 bridgehead atoms. The van der Waals surface area contributed by atoms with Crippen LogP contribution in [0.2, 0.25) is 0 Å². The Kier molecular flexibility index (Phi) is 5.91. The first kappa shape index (κ1) is 16.0. The number of aromatic nitrogens is 1. The number of hydrogen-bond donors (Lipinski definition) is 3. The maximum atomic E-state index is 11.7. The molecule has 0 aromatic carbocycles. The van der Waals surface area contributed by atoms with Gasteiger partial charge in [0.05, 0.1) is 25.0 Å². The summed E-state index contributed by atoms with van der Waals surface area (Å²) in [6, 6.07) is 7.14. The van der Waals surface area contributed by atoms with Gasteiger partial charge in [-0.25, -0.2) is 4.79 Å². The van der Waals surface area contributed by atoms with E-state index in [1.54, 1.807) is 35.9 Å². The highest BCUT2D eigenvalue weighted by molar-refractivity contribution is 7.11. The second kappa shape index (κ2) is 8.14. The zero-order valence-electron chi connectivity index (χ0n) is 12.3. The molecular weight excluding hydrogens is 300 g/mol. The van der Waals surface area contributed by atoms with Gasteiger partial charge in [0.25, 0.3) is 0 Å². The minimum Gasteiger partial charge on any atom is -0.333 e. The number of thiophene rings is 1. The highest BCUT2D eigenvalue weighted by atomic mass is 32.1. The summed E-state index contributed by atoms with van der Waals surface area (Å²) in [6.45, 7) is 2.46. The van der Waals surface area contributed by atoms with Crippen LogP contribution in [-0.2, 0) is 17.8 Å². The monoisotopic (exact) mass is 318 g/mol. The average Bonchev–Trinajstić information content (AvgIpc) is 3.00. The molecule has 0 spiro atoms. The van der Waals surface area contributed by atoms with Crippen molar-refractivity contribution >= 4 is 29.0 Å². The van der Waals surface area contributed by atoms with Crippen LogP contribution in [0.15, 0.2) is 36.7 Å². The Bertz CT molecular complexity index is 627. The largest absolute Gasteiger partial charge is 0.333 e. The number of anilines is 1. The van der Waals surface area contributed by atoms with Crippen molar-refractivity contribution < 1.29 is 9.59 Å². The van der Waals surface area contributed by atoms with E-state index >= 15 is 0 Å². The van der Waals surface area contributed by atoms with Crippen LogP contribution in [0.25, 0.3) is 0 Å². The number of urea groups is 1. The predicted octanol–water partition coefficient (Wildman–Crippen LogP) is 2.14. The second-order valence-electron chi connectivity index (χ2n) is 4.55. The topological polar surface area (TPSA) is 83.1 Å². The number of carbonyl (C=O) groups excluding carboxylic acids is 2. The third kappa shape index (κ3) is 5.17. The maximum absolute atomic E-state index is 11.7. The number of amides is 3. The summed E-state index contributed by atoms with van der Waals surface area (Å²) < 4.78 is 0. The number of carbonyl (C=O) groups is 2. The molecule has 2 aromatic heterocycles. The summed E-state index contributed by atoms with van der Waals surface area (Å²) in [4.78, 5) is 29.6. The number of nitrogens with zero attached hydrogens (tertiary/aromatic N) is 1. The summed E-state index contributed by atoms with van der Waals surface area (Å²) in [6.07, 6.45) is 4.15. The van der Waals surface area contributed by atoms with E-state index in [-0.39, 0.29) is 18.5 Å². The summed E-state index contributed by atoms with van der Waals surface area (Å²) >= 11 is 1.67. The van der Waals surface area contributed by atoms with Crippen LogP contribution in [0.4, 0.5) is 10.5 Å². The Balaban J connectivity index is 1.67. The van der Waals surface area contributed by atoms with Gasteiger partial charge in [-0.15, -0.1) is 11.3 Å². The molecule has 2 rings (SSSR count). The molecule has 0 aliphatic carbocycles. The molecule has 0 aliphatic heterocycles. The van der Waals surface area contributed by atoms with Gasteiger partial charge in [-0.3, -0.25) is 9.78 Å². The van der Waals surface area contributed by atoms with E-state index in [1.165, 1.54) is 4.88 Å². The van der Waals surface area contributed by atoms with Gasteiger partial charge in [0.2, 0.25) is 5.91 Å². The first-order chi connectivity index (χ1) is 10.7. The highest BCUT2D eigenvalue weighted by Crippen LogP contribution is 2.16. The van der Waals surface area contributed by atoms with E-state index in [2.05, 4.69) is 33.9 Å². The van der Waals surface area contributed by atoms with Gasteiger partial charge >= 0.3 is 6.03 Å². The Morgan fingerprint density at radius 1 is 1.18 bits per heavy atom. The first-order valence-electron chi connectivity index (χ1n) is 6.96. The molecule has 0 radical (unpaired) electrons. The molecule has 0 aliphatic rings. The van der Waals surface area contributed by atoms with Gasteiger partial charge in [-0.1, -0.05) is 6.92 Å². The van der Waals surface area contributed by atoms with E-state index in [1.807, 2.05) is 6.07 Å². The van der Waals surface area contributed by atoms with E-state index < -0.39 is 0 Å². The van der Waals surface area contributed by atoms with Crippen molar-refractivity contribution in [3.05, 3.63) is 46.4 Å². The van der Waals surface area contributed by atoms with E-state index in [0.717, 1.165) is 11.3 Å². The normalized spacial score (nSPS) is 10.0. The van der Waals surface area contributed by atoms with Crippen molar-refractivity contribution in [1.82, 2.24) is 15.6 Å². The van der Waals surface area contributed by atoms with Crippen LogP contribution in [0.1, 0.15) is 16.7 Å². The average molecular weight is 318 g/mol. The summed E-state index contributed by atoms with van der Waals surface area (Å²) in [5.74, 6) is -0.299. The SMILES string of the molecule is CCc1ccc(CNC(=O)NCC(=O)Nc2cccnc2)s1. The van der Waals surface area contributed by atoms with Gasteiger partial charge < -0.3 is 16.0 Å². The van der Waals surface area contributed by atoms with Crippen LogP contribution in [-0.4, -0.2) is 23.5 Å². The van der Waals surface area contributed by atoms with Crippen molar-refractivity contribution in [3.63, 3.8) is 0 Å². The second-order valence-corrected chi connectivity index (χ2v) is 5.80. The maximum Gasteiger partial charge on any atom is 0.315 e. The molecule has 3 amide bonds. The lowest BCUT2D eigenvalue weighted by Gasteiger charge is -2.07. The lowest BCUT2D eigenvalue weighted by molar-refractivity contribution is -0.115. The summed E-state index contributed by atoms with van der Waals surface area (Å²) in [5, 5.41) is 7.88. The summed E-state index contributed by atoms with van der Waals surface area (Å²) in [5.41, 5.74) is 0.598. The molecule has 22 heavy (non-hydrogen) atoms. The minimum absolute atomic E-state index is 0.0919. The van der Waals surface area contributed by atoms with Crippen LogP contribution >= 0.6 is 11.3 Å². The van der Waals surface area contributed by atoms with Crippen molar-refractivity contribution in [2.45, 2.75) is 19.9 Å². The predicted molar refractivity (Wildman–Crippen MR) is 86.8 cm³/mol. The number of hydrogen-bond acceptors (Lipinski definition) is 4. The molecular formula is C15H18N4O2S. The Morgan fingerprint density at radius 3 is 2.68 bits per heavy atom. The quantitative estimate of drug-likeness (QED) is 0.763. The zero-order chi connectivity index (χ0) is 15.8. The molecule has 7 heteroatoms. The van der Waals surface area contributed by atoms with E-state index in [9.17, 15) is 9.59 Å².